The molecular weight excluding hydrogens is 524 g/mol. The van der Waals surface area contributed by atoms with Crippen molar-refractivity contribution in [2.24, 2.45) is 0 Å². The first kappa shape index (κ1) is 25.5. The number of hydrogen-bond donors (Lipinski definition) is 0. The molecule has 5 aromatic carbocycles. The summed E-state index contributed by atoms with van der Waals surface area (Å²) in [5, 5.41) is 0. The van der Waals surface area contributed by atoms with Crippen LogP contribution < -0.4 is 9.80 Å². The second-order valence-corrected chi connectivity index (χ2v) is 11.4. The van der Waals surface area contributed by atoms with Gasteiger partial charge in [-0.2, -0.15) is 0 Å². The van der Waals surface area contributed by atoms with Crippen molar-refractivity contribution in [2.45, 2.75) is 32.6 Å². The van der Waals surface area contributed by atoms with Gasteiger partial charge in [-0.15, -0.1) is 0 Å². The smallest absolute Gasteiger partial charge is 0.159 e. The van der Waals surface area contributed by atoms with Gasteiger partial charge in [-0.3, -0.25) is 0 Å². The summed E-state index contributed by atoms with van der Waals surface area (Å²) >= 11 is 0. The van der Waals surface area contributed by atoms with E-state index in [2.05, 4.69) is 126 Å². The molecule has 6 aromatic rings. The van der Waals surface area contributed by atoms with Crippen molar-refractivity contribution in [3.05, 3.63) is 155 Å². The zero-order chi connectivity index (χ0) is 28.8. The summed E-state index contributed by atoms with van der Waals surface area (Å²) < 4.78 is 0. The summed E-state index contributed by atoms with van der Waals surface area (Å²) in [4.78, 5) is 14.4. The molecule has 43 heavy (non-hydrogen) atoms. The van der Waals surface area contributed by atoms with Gasteiger partial charge in [0.1, 0.15) is 0 Å². The monoisotopic (exact) mass is 556 g/mol. The van der Waals surface area contributed by atoms with E-state index >= 15 is 0 Å². The molecule has 0 bridgehead atoms. The van der Waals surface area contributed by atoms with Crippen molar-refractivity contribution < 1.29 is 0 Å². The Morgan fingerprint density at radius 2 is 0.791 bits per heavy atom. The van der Waals surface area contributed by atoms with Gasteiger partial charge in [0.15, 0.2) is 5.82 Å². The Balaban J connectivity index is 1.46. The normalized spacial score (nSPS) is 13.7. The number of benzene rings is 5. The molecule has 208 valence electrons. The average molecular weight is 557 g/mol. The maximum Gasteiger partial charge on any atom is 0.159 e. The van der Waals surface area contributed by atoms with Crippen LogP contribution >= 0.6 is 0 Å². The summed E-state index contributed by atoms with van der Waals surface area (Å²) in [5.41, 5.74) is 14.8. The van der Waals surface area contributed by atoms with Crippen molar-refractivity contribution >= 4 is 34.1 Å². The molecule has 0 N–H and O–H groups in total. The minimum absolute atomic E-state index is 0.720. The third kappa shape index (κ3) is 4.38. The fourth-order valence-electron chi connectivity index (χ4n) is 6.80. The van der Waals surface area contributed by atoms with Crippen molar-refractivity contribution in [3.63, 3.8) is 0 Å². The summed E-state index contributed by atoms with van der Waals surface area (Å²) in [6.07, 6.45) is 7.67. The van der Waals surface area contributed by atoms with Crippen LogP contribution in [0.3, 0.4) is 0 Å². The second kappa shape index (κ2) is 10.6. The Morgan fingerprint density at radius 1 is 0.442 bits per heavy atom. The number of para-hydroxylation sites is 4. The van der Waals surface area contributed by atoms with Crippen LogP contribution in [-0.4, -0.2) is 9.97 Å². The van der Waals surface area contributed by atoms with Crippen LogP contribution in [0.4, 0.5) is 34.1 Å². The predicted molar refractivity (Wildman–Crippen MR) is 176 cm³/mol. The van der Waals surface area contributed by atoms with Crippen LogP contribution in [0.1, 0.15) is 27.8 Å². The summed E-state index contributed by atoms with van der Waals surface area (Å²) in [7, 11) is 0. The minimum Gasteiger partial charge on any atom is -0.310 e. The molecule has 0 amide bonds. The van der Waals surface area contributed by atoms with E-state index in [0.29, 0.717) is 0 Å². The largest absolute Gasteiger partial charge is 0.310 e. The summed E-state index contributed by atoms with van der Waals surface area (Å²) in [6.45, 7) is 2.27. The van der Waals surface area contributed by atoms with Crippen LogP contribution in [0.15, 0.2) is 128 Å². The fourth-order valence-corrected chi connectivity index (χ4v) is 6.80. The van der Waals surface area contributed by atoms with Crippen LogP contribution in [0.2, 0.25) is 0 Å². The van der Waals surface area contributed by atoms with Crippen LogP contribution in [0.5, 0.6) is 0 Å². The van der Waals surface area contributed by atoms with Gasteiger partial charge < -0.3 is 9.80 Å². The topological polar surface area (TPSA) is 32.3 Å². The number of aromatic nitrogens is 2. The van der Waals surface area contributed by atoms with E-state index in [4.69, 9.17) is 9.97 Å². The molecule has 0 saturated heterocycles. The molecule has 0 radical (unpaired) electrons. The van der Waals surface area contributed by atoms with E-state index in [1.54, 1.807) is 0 Å². The molecule has 0 spiro atoms. The SMILES string of the molecule is Cc1c(N2c3ccccc3CCc3ccccc32)cc(-c2ncccn2)cc1N1c2ccccc2CCc2ccccc21. The van der Waals surface area contributed by atoms with Gasteiger partial charge >= 0.3 is 0 Å². The molecule has 0 atom stereocenters. The highest BCUT2D eigenvalue weighted by atomic mass is 15.2. The van der Waals surface area contributed by atoms with E-state index in [1.165, 1.54) is 50.6 Å². The lowest BCUT2D eigenvalue weighted by atomic mass is 10.0. The molecule has 0 saturated carbocycles. The second-order valence-electron chi connectivity index (χ2n) is 11.4. The van der Waals surface area contributed by atoms with Gasteiger partial charge in [0.05, 0.1) is 11.4 Å². The first-order valence-electron chi connectivity index (χ1n) is 15.1. The third-order valence-corrected chi connectivity index (χ3v) is 8.92. The van der Waals surface area contributed by atoms with E-state index in [0.717, 1.165) is 48.4 Å². The molecule has 3 heterocycles. The van der Waals surface area contributed by atoms with Crippen LogP contribution in [0.25, 0.3) is 11.4 Å². The molecule has 0 fully saturated rings. The molecule has 4 nitrogen and oxygen atoms in total. The lowest BCUT2D eigenvalue weighted by Crippen LogP contribution is -2.17. The first-order chi connectivity index (χ1) is 21.3. The van der Waals surface area contributed by atoms with E-state index < -0.39 is 0 Å². The van der Waals surface area contributed by atoms with Gasteiger partial charge in [0.25, 0.3) is 0 Å². The quantitative estimate of drug-likeness (QED) is 0.217. The average Bonchev–Trinajstić information content (AvgIpc) is 3.34. The van der Waals surface area contributed by atoms with Gasteiger partial charge in [-0.1, -0.05) is 72.8 Å². The molecule has 1 aromatic heterocycles. The minimum atomic E-state index is 0.720. The number of anilines is 6. The standard InChI is InChI=1S/C39H32N4/c1-27-37(42-33-15-6-2-11-28(33)19-20-29-12-3-7-16-34(29)42)25-32(39-40-23-10-24-41-39)26-38(27)43-35-17-8-4-13-30(35)21-22-31-14-5-9-18-36(31)43/h2-18,23-26H,19-22H2,1H3. The number of rotatable bonds is 3. The third-order valence-electron chi connectivity index (χ3n) is 8.92. The Kier molecular flexibility index (Phi) is 6.26. The maximum absolute atomic E-state index is 4.72. The van der Waals surface area contributed by atoms with Gasteiger partial charge in [-0.25, -0.2) is 9.97 Å². The Labute approximate surface area is 252 Å². The van der Waals surface area contributed by atoms with Gasteiger partial charge in [0.2, 0.25) is 0 Å². The lowest BCUT2D eigenvalue weighted by Gasteiger charge is -2.33. The van der Waals surface area contributed by atoms with Crippen LogP contribution in [0, 0.1) is 6.92 Å². The van der Waals surface area contributed by atoms with Gasteiger partial charge in [0, 0.05) is 40.7 Å². The molecule has 0 aliphatic carbocycles. The Bertz CT molecular complexity index is 1750. The zero-order valence-electron chi connectivity index (χ0n) is 24.2. The van der Waals surface area contributed by atoms with E-state index in [-0.39, 0.29) is 0 Å². The van der Waals surface area contributed by atoms with E-state index in [9.17, 15) is 0 Å². The summed E-state index contributed by atoms with van der Waals surface area (Å²) in [6, 6.07) is 41.8. The van der Waals surface area contributed by atoms with Crippen molar-refractivity contribution in [2.75, 3.05) is 9.80 Å². The highest BCUT2D eigenvalue weighted by molar-refractivity contribution is 5.92. The number of aryl methyl sites for hydroxylation is 4. The highest BCUT2D eigenvalue weighted by Gasteiger charge is 2.29. The zero-order valence-corrected chi connectivity index (χ0v) is 24.2. The predicted octanol–water partition coefficient (Wildman–Crippen LogP) is 9.59. The number of fused-ring (bicyclic) bond motifs is 4. The molecule has 8 rings (SSSR count). The van der Waals surface area contributed by atoms with Gasteiger partial charge in [-0.05, 0) is 103 Å². The lowest BCUT2D eigenvalue weighted by molar-refractivity contribution is 0.977. The van der Waals surface area contributed by atoms with E-state index in [1.807, 2.05) is 18.5 Å². The highest BCUT2D eigenvalue weighted by Crippen LogP contribution is 2.49. The first-order valence-corrected chi connectivity index (χ1v) is 15.1. The molecule has 2 aliphatic heterocycles. The Morgan fingerprint density at radius 3 is 1.16 bits per heavy atom. The fraction of sp³-hybridized carbons (Fsp3) is 0.128. The molecule has 2 aliphatic rings. The maximum atomic E-state index is 4.72. The van der Waals surface area contributed by atoms with Crippen LogP contribution in [-0.2, 0) is 25.7 Å². The van der Waals surface area contributed by atoms with Crippen molar-refractivity contribution in [1.29, 1.82) is 0 Å². The molecular formula is C39H32N4. The number of hydrogen-bond acceptors (Lipinski definition) is 4. The molecule has 0 unspecified atom stereocenters. The summed E-state index contributed by atoms with van der Waals surface area (Å²) in [5.74, 6) is 0.720. The van der Waals surface area contributed by atoms with Crippen molar-refractivity contribution in [1.82, 2.24) is 9.97 Å². The van der Waals surface area contributed by atoms with Crippen molar-refractivity contribution in [3.8, 4) is 11.4 Å². The Hall–Kier alpha value is -5.22. The number of nitrogens with zero attached hydrogens (tertiary/aromatic N) is 4. The molecule has 4 heteroatoms.